The molecule has 136 valence electrons. The van der Waals surface area contributed by atoms with E-state index >= 15 is 0 Å². The maximum absolute atomic E-state index is 12.7. The van der Waals surface area contributed by atoms with Gasteiger partial charge in [-0.15, -0.1) is 11.3 Å². The van der Waals surface area contributed by atoms with Gasteiger partial charge in [-0.2, -0.15) is 5.10 Å². The van der Waals surface area contributed by atoms with Gasteiger partial charge < -0.3 is 4.90 Å². The monoisotopic (exact) mass is 369 g/mol. The minimum atomic E-state index is -0.174. The first-order chi connectivity index (χ1) is 12.4. The molecule has 0 N–H and O–H groups in total. The lowest BCUT2D eigenvalue weighted by atomic mass is 10.1. The third-order valence-electron chi connectivity index (χ3n) is 4.18. The van der Waals surface area contributed by atoms with E-state index in [9.17, 15) is 4.79 Å². The minimum Gasteiger partial charge on any atom is -0.340 e. The van der Waals surface area contributed by atoms with Gasteiger partial charge in [0, 0.05) is 18.0 Å². The molecular weight excluding hydrogens is 346 g/mol. The van der Waals surface area contributed by atoms with Crippen LogP contribution in [-0.4, -0.2) is 37.6 Å². The van der Waals surface area contributed by atoms with Crippen molar-refractivity contribution in [2.75, 3.05) is 7.05 Å². The first kappa shape index (κ1) is 18.3. The Bertz CT molecular complexity index is 886. The highest BCUT2D eigenvalue weighted by Gasteiger charge is 2.20. The van der Waals surface area contributed by atoms with Crippen LogP contribution in [0.2, 0.25) is 0 Å². The summed E-state index contributed by atoms with van der Waals surface area (Å²) in [5.74, 6) is 1.46. The van der Waals surface area contributed by atoms with Gasteiger partial charge in [0.25, 0.3) is 0 Å². The Labute approximate surface area is 157 Å². The Balaban J connectivity index is 1.62. The van der Waals surface area contributed by atoms with Gasteiger partial charge in [-0.25, -0.2) is 14.6 Å². The molecule has 1 aromatic carbocycles. The van der Waals surface area contributed by atoms with Crippen LogP contribution in [0.3, 0.4) is 0 Å². The van der Waals surface area contributed by atoms with E-state index in [1.165, 1.54) is 0 Å². The van der Waals surface area contributed by atoms with Crippen molar-refractivity contribution in [3.8, 4) is 10.6 Å². The molecule has 7 heteroatoms. The third kappa shape index (κ3) is 4.16. The van der Waals surface area contributed by atoms with Crippen LogP contribution < -0.4 is 0 Å². The maximum Gasteiger partial charge on any atom is 0.227 e. The normalized spacial score (nSPS) is 12.2. The van der Waals surface area contributed by atoms with E-state index in [0.717, 1.165) is 27.9 Å². The number of carbonyl (C=O) groups is 1. The summed E-state index contributed by atoms with van der Waals surface area (Å²) in [5.41, 5.74) is 2.01. The molecule has 0 aliphatic carbocycles. The minimum absolute atomic E-state index is 0.0758. The number of rotatable bonds is 6. The number of thiazole rings is 1. The fourth-order valence-corrected chi connectivity index (χ4v) is 3.68. The summed E-state index contributed by atoms with van der Waals surface area (Å²) in [7, 11) is 1.82. The van der Waals surface area contributed by atoms with E-state index in [2.05, 4.69) is 15.1 Å². The fourth-order valence-electron chi connectivity index (χ4n) is 2.86. The fraction of sp³-hybridized carbons (Fsp3) is 0.368. The van der Waals surface area contributed by atoms with E-state index in [-0.39, 0.29) is 11.8 Å². The van der Waals surface area contributed by atoms with Gasteiger partial charge in [-0.3, -0.25) is 4.79 Å². The van der Waals surface area contributed by atoms with Gasteiger partial charge in [-0.05, 0) is 13.8 Å². The lowest BCUT2D eigenvalue weighted by Gasteiger charge is -2.20. The number of aromatic nitrogens is 4. The summed E-state index contributed by atoms with van der Waals surface area (Å²) in [6, 6.07) is 10.1. The number of nitrogens with zero attached hydrogens (tertiary/aromatic N) is 5. The molecule has 0 saturated carbocycles. The van der Waals surface area contributed by atoms with Crippen molar-refractivity contribution >= 4 is 17.2 Å². The molecule has 1 amide bonds. The van der Waals surface area contributed by atoms with Crippen LogP contribution in [0.15, 0.2) is 35.7 Å². The van der Waals surface area contributed by atoms with Crippen LogP contribution >= 0.6 is 11.3 Å². The van der Waals surface area contributed by atoms with Gasteiger partial charge in [0.15, 0.2) is 0 Å². The zero-order chi connectivity index (χ0) is 18.7. The molecule has 0 aliphatic rings. The quantitative estimate of drug-likeness (QED) is 0.669. The Morgan fingerprint density at radius 1 is 1.23 bits per heavy atom. The van der Waals surface area contributed by atoms with Crippen LogP contribution in [-0.2, 0) is 17.9 Å². The Kier molecular flexibility index (Phi) is 5.46. The molecule has 0 aliphatic heterocycles. The lowest BCUT2D eigenvalue weighted by Crippen LogP contribution is -2.33. The molecule has 0 fully saturated rings. The van der Waals surface area contributed by atoms with Crippen LogP contribution in [0.5, 0.6) is 0 Å². The van der Waals surface area contributed by atoms with Crippen LogP contribution in [0, 0.1) is 19.8 Å². The summed E-state index contributed by atoms with van der Waals surface area (Å²) in [6.45, 7) is 6.71. The molecule has 2 heterocycles. The Hall–Kier alpha value is -2.54. The van der Waals surface area contributed by atoms with Crippen molar-refractivity contribution in [1.29, 1.82) is 0 Å². The zero-order valence-electron chi connectivity index (χ0n) is 15.5. The number of amides is 1. The molecule has 3 aromatic rings. The van der Waals surface area contributed by atoms with Gasteiger partial charge in [0.1, 0.15) is 16.7 Å². The molecule has 0 spiro atoms. The molecule has 3 rings (SSSR count). The van der Waals surface area contributed by atoms with Crippen molar-refractivity contribution in [1.82, 2.24) is 24.6 Å². The average Bonchev–Trinajstić information content (AvgIpc) is 3.21. The van der Waals surface area contributed by atoms with Crippen LogP contribution in [0.1, 0.15) is 24.3 Å². The van der Waals surface area contributed by atoms with Gasteiger partial charge in [-0.1, -0.05) is 37.3 Å². The van der Waals surface area contributed by atoms with E-state index in [1.807, 2.05) is 63.5 Å². The molecule has 1 unspecified atom stereocenters. The van der Waals surface area contributed by atoms with Crippen molar-refractivity contribution in [2.24, 2.45) is 5.92 Å². The molecule has 26 heavy (non-hydrogen) atoms. The van der Waals surface area contributed by atoms with Gasteiger partial charge in [0.2, 0.25) is 5.91 Å². The highest BCUT2D eigenvalue weighted by atomic mass is 32.1. The largest absolute Gasteiger partial charge is 0.340 e. The molecule has 0 bridgehead atoms. The van der Waals surface area contributed by atoms with E-state index in [4.69, 9.17) is 0 Å². The number of carbonyl (C=O) groups excluding carboxylic acids is 1. The van der Waals surface area contributed by atoms with Crippen LogP contribution in [0.4, 0.5) is 0 Å². The highest BCUT2D eigenvalue weighted by Crippen LogP contribution is 2.24. The number of benzene rings is 1. The summed E-state index contributed by atoms with van der Waals surface area (Å²) in [5, 5.41) is 7.33. The molecule has 1 atom stereocenters. The molecular formula is C19H23N5OS. The average molecular weight is 369 g/mol. The van der Waals surface area contributed by atoms with E-state index in [0.29, 0.717) is 13.1 Å². The first-order valence-corrected chi connectivity index (χ1v) is 9.45. The topological polar surface area (TPSA) is 63.9 Å². The second-order valence-corrected chi connectivity index (χ2v) is 7.35. The molecule has 0 radical (unpaired) electrons. The van der Waals surface area contributed by atoms with E-state index in [1.54, 1.807) is 20.9 Å². The zero-order valence-corrected chi connectivity index (χ0v) is 16.3. The van der Waals surface area contributed by atoms with E-state index < -0.39 is 0 Å². The molecule has 6 nitrogen and oxygen atoms in total. The first-order valence-electron chi connectivity index (χ1n) is 8.57. The number of hydrogen-bond donors (Lipinski definition) is 0. The van der Waals surface area contributed by atoms with Crippen molar-refractivity contribution in [3.05, 3.63) is 53.1 Å². The summed E-state index contributed by atoms with van der Waals surface area (Å²) in [4.78, 5) is 23.4. The standard InChI is InChI=1S/C19H23N5OS/c1-13(10-24-15(3)20-14(2)22-24)19(25)23(4)11-17-12-26-18(21-17)16-8-6-5-7-9-16/h5-9,12-13H,10-11H2,1-4H3. The van der Waals surface area contributed by atoms with Crippen molar-refractivity contribution in [2.45, 2.75) is 33.9 Å². The SMILES string of the molecule is Cc1nc(C)n(CC(C)C(=O)N(C)Cc2csc(-c3ccccc3)n2)n1. The smallest absolute Gasteiger partial charge is 0.227 e. The maximum atomic E-state index is 12.7. The van der Waals surface area contributed by atoms with Crippen LogP contribution in [0.25, 0.3) is 10.6 Å². The molecule has 0 saturated heterocycles. The predicted molar refractivity (Wildman–Crippen MR) is 103 cm³/mol. The second kappa shape index (κ2) is 7.78. The third-order valence-corrected chi connectivity index (χ3v) is 5.12. The summed E-state index contributed by atoms with van der Waals surface area (Å²) < 4.78 is 1.79. The van der Waals surface area contributed by atoms with Gasteiger partial charge in [0.05, 0.1) is 24.7 Å². The summed E-state index contributed by atoms with van der Waals surface area (Å²) >= 11 is 1.60. The summed E-state index contributed by atoms with van der Waals surface area (Å²) in [6.07, 6.45) is 0. The van der Waals surface area contributed by atoms with Crippen molar-refractivity contribution < 1.29 is 4.79 Å². The molecule has 2 aromatic heterocycles. The number of aryl methyl sites for hydroxylation is 2. The predicted octanol–water partition coefficient (Wildman–Crippen LogP) is 3.31. The van der Waals surface area contributed by atoms with Crippen molar-refractivity contribution in [3.63, 3.8) is 0 Å². The Morgan fingerprint density at radius 2 is 1.96 bits per heavy atom. The Morgan fingerprint density at radius 3 is 2.62 bits per heavy atom. The highest BCUT2D eigenvalue weighted by molar-refractivity contribution is 7.13. The second-order valence-electron chi connectivity index (χ2n) is 6.49. The van der Waals surface area contributed by atoms with Gasteiger partial charge >= 0.3 is 0 Å². The number of hydrogen-bond acceptors (Lipinski definition) is 5. The lowest BCUT2D eigenvalue weighted by molar-refractivity contribution is -0.134.